The molecule has 10 aliphatic heterocycles. The van der Waals surface area contributed by atoms with Gasteiger partial charge in [0, 0.05) is 46.1 Å². The van der Waals surface area contributed by atoms with Crippen LogP contribution in [0, 0.1) is 0 Å². The quantitative estimate of drug-likeness (QED) is 0.161. The van der Waals surface area contributed by atoms with Gasteiger partial charge in [0.2, 0.25) is 0 Å². The summed E-state index contributed by atoms with van der Waals surface area (Å²) in [6, 6.07) is 53.7. The molecule has 4 nitrogen and oxygen atoms in total. The maximum absolute atomic E-state index is 6.17. The Hall–Kier alpha value is -5.48. The third kappa shape index (κ3) is 9.60. The van der Waals surface area contributed by atoms with E-state index in [4.69, 9.17) is 9.47 Å². The monoisotopic (exact) mass is 799 g/mol. The predicted molar refractivity (Wildman–Crippen MR) is 254 cm³/mol. The van der Waals surface area contributed by atoms with Gasteiger partial charge in [0.1, 0.15) is 11.5 Å². The fourth-order valence-electron chi connectivity index (χ4n) is 8.52. The van der Waals surface area contributed by atoms with Crippen LogP contribution in [0.2, 0.25) is 0 Å². The topological polar surface area (TPSA) is 42.5 Å². The van der Waals surface area contributed by atoms with Gasteiger partial charge in [-0.3, -0.25) is 0 Å². The van der Waals surface area contributed by atoms with Gasteiger partial charge in [0.15, 0.2) is 0 Å². The summed E-state index contributed by atoms with van der Waals surface area (Å²) in [5.74, 6) is 1.84. The number of hydrogen-bond donors (Lipinski definition) is 2. The molecule has 12 bridgehead atoms. The van der Waals surface area contributed by atoms with Crippen molar-refractivity contribution in [3.63, 3.8) is 0 Å². The fraction of sp³-hybridized carbons (Fsp3) is 0.357. The molecule has 0 saturated heterocycles. The Kier molecular flexibility index (Phi) is 12.8. The van der Waals surface area contributed by atoms with Crippen LogP contribution in [-0.2, 0) is 21.7 Å². The summed E-state index contributed by atoms with van der Waals surface area (Å²) in [6.45, 7) is 21.7. The van der Waals surface area contributed by atoms with Gasteiger partial charge in [0.25, 0.3) is 0 Å². The van der Waals surface area contributed by atoms with E-state index in [2.05, 4.69) is 212 Å². The minimum absolute atomic E-state index is 0.117. The lowest BCUT2D eigenvalue weighted by molar-refractivity contribution is 0.308. The third-order valence-corrected chi connectivity index (χ3v) is 13.4. The summed E-state index contributed by atoms with van der Waals surface area (Å²) in [6.07, 6.45) is 4.05. The van der Waals surface area contributed by atoms with Gasteiger partial charge in [-0.2, -0.15) is 0 Å². The Morgan fingerprint density at radius 1 is 0.300 bits per heavy atom. The van der Waals surface area contributed by atoms with E-state index in [1.54, 1.807) is 0 Å². The molecule has 0 spiro atoms. The smallest absolute Gasteiger partial charge is 0.119 e. The number of nitrogens with one attached hydrogen (secondary N) is 2. The van der Waals surface area contributed by atoms with E-state index in [0.717, 1.165) is 61.6 Å². The van der Waals surface area contributed by atoms with Crippen molar-refractivity contribution >= 4 is 11.4 Å². The van der Waals surface area contributed by atoms with E-state index in [-0.39, 0.29) is 21.7 Å². The lowest BCUT2D eigenvalue weighted by Crippen LogP contribution is -2.21. The number of benzene rings is 6. The maximum Gasteiger partial charge on any atom is 0.119 e. The standard InChI is InChI=1S/C56H66N2O2/c1-53(2)41-13-15-42(16-14-41)54(3,4)46-23-31-50(32-24-46)58-38-10-12-40-60-52-35-27-48(28-36-52)56(7,8)44-19-17-43(18-20-44)55(5,6)47-25-33-51(34-26-47)59-39-11-9-37-57-49-29-21-45(53)22-30-49/h13-36,57-58H,9-12,37-40H2,1-8H3. The van der Waals surface area contributed by atoms with Crippen molar-refractivity contribution in [3.8, 4) is 11.5 Å². The molecule has 0 saturated carbocycles. The van der Waals surface area contributed by atoms with Crippen LogP contribution in [0.4, 0.5) is 11.4 Å². The van der Waals surface area contributed by atoms with Crippen molar-refractivity contribution in [3.05, 3.63) is 190 Å². The molecule has 10 aliphatic rings. The zero-order valence-corrected chi connectivity index (χ0v) is 37.3. The average Bonchev–Trinajstić information content (AvgIpc) is 3.26. The summed E-state index contributed by atoms with van der Waals surface area (Å²) in [4.78, 5) is 0. The molecule has 0 amide bonds. The van der Waals surface area contributed by atoms with Gasteiger partial charge in [0.05, 0.1) is 13.2 Å². The van der Waals surface area contributed by atoms with Crippen molar-refractivity contribution in [1.29, 1.82) is 0 Å². The van der Waals surface area contributed by atoms with Gasteiger partial charge < -0.3 is 20.1 Å². The first-order chi connectivity index (χ1) is 28.7. The van der Waals surface area contributed by atoms with Crippen LogP contribution in [0.5, 0.6) is 11.5 Å². The molecule has 10 heterocycles. The summed E-state index contributed by atoms with van der Waals surface area (Å²) >= 11 is 0. The molecule has 0 aliphatic carbocycles. The molecule has 312 valence electrons. The lowest BCUT2D eigenvalue weighted by Gasteiger charge is -2.30. The molecule has 0 fully saturated rings. The summed E-state index contributed by atoms with van der Waals surface area (Å²) < 4.78 is 12.3. The minimum Gasteiger partial charge on any atom is -0.494 e. The third-order valence-electron chi connectivity index (χ3n) is 13.4. The van der Waals surface area contributed by atoms with Gasteiger partial charge in [-0.05, 0) is 119 Å². The molecule has 6 aromatic carbocycles. The van der Waals surface area contributed by atoms with Crippen molar-refractivity contribution < 1.29 is 9.47 Å². The molecular weight excluding hydrogens is 733 g/mol. The second-order valence-electron chi connectivity index (χ2n) is 18.8. The van der Waals surface area contributed by atoms with E-state index < -0.39 is 0 Å². The van der Waals surface area contributed by atoms with Crippen molar-refractivity contribution in [1.82, 2.24) is 0 Å². The van der Waals surface area contributed by atoms with E-state index in [9.17, 15) is 0 Å². The molecule has 0 unspecified atom stereocenters. The molecule has 0 aromatic heterocycles. The largest absolute Gasteiger partial charge is 0.494 e. The highest BCUT2D eigenvalue weighted by Crippen LogP contribution is 2.38. The van der Waals surface area contributed by atoms with Crippen LogP contribution in [0.15, 0.2) is 146 Å². The first-order valence-corrected chi connectivity index (χ1v) is 22.1. The molecule has 6 aromatic rings. The lowest BCUT2D eigenvalue weighted by atomic mass is 9.74. The molecule has 2 N–H and O–H groups in total. The zero-order chi connectivity index (χ0) is 42.4. The number of rotatable bonds is 0. The number of anilines is 2. The number of hydrogen-bond acceptors (Lipinski definition) is 4. The van der Waals surface area contributed by atoms with Crippen molar-refractivity contribution in [2.45, 2.75) is 103 Å². The Morgan fingerprint density at radius 2 is 0.517 bits per heavy atom. The molecule has 0 radical (unpaired) electrons. The van der Waals surface area contributed by atoms with Crippen LogP contribution in [-0.4, -0.2) is 26.3 Å². The molecule has 16 rings (SSSR count). The van der Waals surface area contributed by atoms with Crippen LogP contribution in [0.25, 0.3) is 0 Å². The van der Waals surface area contributed by atoms with E-state index in [1.807, 2.05) is 0 Å². The van der Waals surface area contributed by atoms with Gasteiger partial charge in [-0.25, -0.2) is 0 Å². The highest BCUT2D eigenvalue weighted by molar-refractivity contribution is 5.51. The zero-order valence-electron chi connectivity index (χ0n) is 37.3. The highest BCUT2D eigenvalue weighted by atomic mass is 16.5. The Bertz CT molecular complexity index is 1930. The molecular formula is C56H66N2O2. The number of ether oxygens (including phenoxy) is 2. The SMILES string of the molecule is CC1(C)c2ccc(cc2)NCCCCOc2ccc(cc2)C(C)(C)c2ccc(cc2)C(C)(C)c2ccc(cc2)OCCCCNc2ccc(cc2)C(C)(C)c2ccc1cc2. The normalized spacial score (nSPS) is 17.9. The van der Waals surface area contributed by atoms with E-state index in [0.29, 0.717) is 13.2 Å². The highest BCUT2D eigenvalue weighted by Gasteiger charge is 2.28. The molecule has 60 heavy (non-hydrogen) atoms. The maximum atomic E-state index is 6.17. The van der Waals surface area contributed by atoms with Crippen LogP contribution in [0.1, 0.15) is 126 Å². The first kappa shape index (κ1) is 42.6. The van der Waals surface area contributed by atoms with Crippen LogP contribution >= 0.6 is 0 Å². The fourth-order valence-corrected chi connectivity index (χ4v) is 8.52. The van der Waals surface area contributed by atoms with Gasteiger partial charge in [-0.15, -0.1) is 0 Å². The van der Waals surface area contributed by atoms with Crippen LogP contribution < -0.4 is 20.1 Å². The Morgan fingerprint density at radius 3 is 0.767 bits per heavy atom. The van der Waals surface area contributed by atoms with Crippen LogP contribution in [0.3, 0.4) is 0 Å². The van der Waals surface area contributed by atoms with Crippen molar-refractivity contribution in [2.24, 2.45) is 0 Å². The molecule has 0 atom stereocenters. The minimum atomic E-state index is -0.141. The Balaban J connectivity index is 1.04. The Labute approximate surface area is 360 Å². The summed E-state index contributed by atoms with van der Waals surface area (Å²) in [5, 5.41) is 7.23. The summed E-state index contributed by atoms with van der Waals surface area (Å²) in [7, 11) is 0. The van der Waals surface area contributed by atoms with Crippen molar-refractivity contribution in [2.75, 3.05) is 36.9 Å². The second kappa shape index (κ2) is 18.0. The average molecular weight is 799 g/mol. The second-order valence-corrected chi connectivity index (χ2v) is 18.8. The van der Waals surface area contributed by atoms with E-state index in [1.165, 1.54) is 44.5 Å². The van der Waals surface area contributed by atoms with Gasteiger partial charge in [-0.1, -0.05) is 152 Å². The first-order valence-electron chi connectivity index (χ1n) is 22.1. The summed E-state index contributed by atoms with van der Waals surface area (Å²) in [5.41, 5.74) is 12.2. The predicted octanol–water partition coefficient (Wildman–Crippen LogP) is 13.8. The van der Waals surface area contributed by atoms with E-state index >= 15 is 0 Å². The van der Waals surface area contributed by atoms with Gasteiger partial charge >= 0.3 is 0 Å². The molecule has 4 heteroatoms.